The quantitative estimate of drug-likeness (QED) is 0.943. The van der Waals surface area contributed by atoms with Gasteiger partial charge in [0.25, 0.3) is 5.91 Å². The van der Waals surface area contributed by atoms with E-state index in [2.05, 4.69) is 28.4 Å². The molecule has 4 rings (SSSR count). The zero-order chi connectivity index (χ0) is 14.9. The van der Waals surface area contributed by atoms with Crippen LogP contribution in [0.5, 0.6) is 0 Å². The Kier molecular flexibility index (Phi) is 3.59. The topological polar surface area (TPSA) is 32.3 Å². The number of nitrogens with one attached hydrogen (secondary N) is 1. The van der Waals surface area contributed by atoms with Crippen LogP contribution >= 0.6 is 0 Å². The molecule has 3 nitrogen and oxygen atoms in total. The third-order valence-electron chi connectivity index (χ3n) is 5.13. The van der Waals surface area contributed by atoms with Gasteiger partial charge in [0.05, 0.1) is 0 Å². The van der Waals surface area contributed by atoms with Crippen molar-refractivity contribution < 1.29 is 4.79 Å². The van der Waals surface area contributed by atoms with Crippen LogP contribution in [0.15, 0.2) is 42.5 Å². The molecule has 1 heterocycles. The van der Waals surface area contributed by atoms with Gasteiger partial charge in [0, 0.05) is 24.2 Å². The van der Waals surface area contributed by atoms with Crippen LogP contribution in [0.3, 0.4) is 0 Å². The van der Waals surface area contributed by atoms with Crippen LogP contribution in [0.25, 0.3) is 10.8 Å². The molecule has 114 valence electrons. The molecular weight excluding hydrogens is 272 g/mol. The molecule has 2 aromatic rings. The molecule has 1 amide bonds. The molecule has 1 aliphatic carbocycles. The SMILES string of the molecule is O=C(c1ccc2ccccc2c1)N(C1CCC1)[C@@H]1CCNC1. The van der Waals surface area contributed by atoms with Crippen molar-refractivity contribution in [2.24, 2.45) is 0 Å². The molecule has 1 saturated heterocycles. The van der Waals surface area contributed by atoms with E-state index in [9.17, 15) is 4.79 Å². The molecule has 0 aromatic heterocycles. The highest BCUT2D eigenvalue weighted by Crippen LogP contribution is 2.30. The van der Waals surface area contributed by atoms with Gasteiger partial charge in [-0.05, 0) is 55.1 Å². The number of hydrogen-bond donors (Lipinski definition) is 1. The number of rotatable bonds is 3. The number of carbonyl (C=O) groups is 1. The molecule has 0 bridgehead atoms. The number of carbonyl (C=O) groups excluding carboxylic acids is 1. The molecule has 3 heteroatoms. The first-order chi connectivity index (χ1) is 10.8. The Labute approximate surface area is 131 Å². The highest BCUT2D eigenvalue weighted by molar-refractivity contribution is 5.99. The van der Waals surface area contributed by atoms with E-state index in [4.69, 9.17) is 0 Å². The Morgan fingerprint density at radius 1 is 1.00 bits per heavy atom. The predicted molar refractivity (Wildman–Crippen MR) is 89.0 cm³/mol. The van der Waals surface area contributed by atoms with Crippen molar-refractivity contribution in [3.05, 3.63) is 48.0 Å². The molecule has 2 fully saturated rings. The van der Waals surface area contributed by atoms with Gasteiger partial charge in [-0.1, -0.05) is 30.3 Å². The summed E-state index contributed by atoms with van der Waals surface area (Å²) in [5.41, 5.74) is 0.831. The maximum Gasteiger partial charge on any atom is 0.254 e. The minimum Gasteiger partial charge on any atom is -0.331 e. The van der Waals surface area contributed by atoms with Crippen LogP contribution < -0.4 is 5.32 Å². The molecule has 0 unspecified atom stereocenters. The summed E-state index contributed by atoms with van der Waals surface area (Å²) in [7, 11) is 0. The Hall–Kier alpha value is -1.87. The van der Waals surface area contributed by atoms with Crippen molar-refractivity contribution >= 4 is 16.7 Å². The Balaban J connectivity index is 1.66. The zero-order valence-corrected chi connectivity index (χ0v) is 12.8. The summed E-state index contributed by atoms with van der Waals surface area (Å²) in [6.07, 6.45) is 4.66. The third kappa shape index (κ3) is 2.40. The van der Waals surface area contributed by atoms with E-state index in [1.54, 1.807) is 0 Å². The standard InChI is InChI=1S/C19H22N2O/c22-19(16-9-8-14-4-1-2-5-15(14)12-16)21(17-6-3-7-17)18-10-11-20-13-18/h1-2,4-5,8-9,12,17-18,20H,3,6-7,10-11,13H2/t18-/m1/s1. The van der Waals surface area contributed by atoms with E-state index < -0.39 is 0 Å². The fourth-order valence-electron chi connectivity index (χ4n) is 3.64. The lowest BCUT2D eigenvalue weighted by molar-refractivity contribution is 0.0465. The second-order valence-corrected chi connectivity index (χ2v) is 6.51. The second-order valence-electron chi connectivity index (χ2n) is 6.51. The summed E-state index contributed by atoms with van der Waals surface area (Å²) in [4.78, 5) is 15.3. The van der Waals surface area contributed by atoms with Crippen LogP contribution in [0.4, 0.5) is 0 Å². The van der Waals surface area contributed by atoms with Gasteiger partial charge in [0.2, 0.25) is 0 Å². The van der Waals surface area contributed by atoms with Crippen molar-refractivity contribution in [3.8, 4) is 0 Å². The minimum atomic E-state index is 0.212. The van der Waals surface area contributed by atoms with E-state index in [1.165, 1.54) is 11.8 Å². The number of amides is 1. The van der Waals surface area contributed by atoms with Crippen LogP contribution in [-0.4, -0.2) is 36.0 Å². The van der Waals surface area contributed by atoms with Gasteiger partial charge in [0.1, 0.15) is 0 Å². The molecular formula is C19H22N2O. The van der Waals surface area contributed by atoms with Crippen molar-refractivity contribution in [2.75, 3.05) is 13.1 Å². The number of fused-ring (bicyclic) bond motifs is 1. The van der Waals surface area contributed by atoms with Gasteiger partial charge in [-0.2, -0.15) is 0 Å². The van der Waals surface area contributed by atoms with Crippen molar-refractivity contribution in [3.63, 3.8) is 0 Å². The van der Waals surface area contributed by atoms with Gasteiger partial charge in [-0.3, -0.25) is 4.79 Å². The highest BCUT2D eigenvalue weighted by Gasteiger charge is 2.35. The third-order valence-corrected chi connectivity index (χ3v) is 5.13. The average molecular weight is 294 g/mol. The first-order valence-electron chi connectivity index (χ1n) is 8.35. The highest BCUT2D eigenvalue weighted by atomic mass is 16.2. The molecule has 1 atom stereocenters. The van der Waals surface area contributed by atoms with E-state index in [-0.39, 0.29) is 5.91 Å². The van der Waals surface area contributed by atoms with Gasteiger partial charge in [0.15, 0.2) is 0 Å². The fourth-order valence-corrected chi connectivity index (χ4v) is 3.64. The van der Waals surface area contributed by atoms with Gasteiger partial charge < -0.3 is 10.2 Å². The van der Waals surface area contributed by atoms with Crippen LogP contribution in [0, 0.1) is 0 Å². The monoisotopic (exact) mass is 294 g/mol. The van der Waals surface area contributed by atoms with E-state index >= 15 is 0 Å². The molecule has 0 spiro atoms. The summed E-state index contributed by atoms with van der Waals surface area (Å²) in [6, 6.07) is 15.1. The minimum absolute atomic E-state index is 0.212. The summed E-state index contributed by atoms with van der Waals surface area (Å²) in [5, 5.41) is 5.73. The largest absolute Gasteiger partial charge is 0.331 e. The maximum absolute atomic E-state index is 13.1. The Bertz CT molecular complexity index is 687. The smallest absolute Gasteiger partial charge is 0.254 e. The molecule has 1 N–H and O–H groups in total. The van der Waals surface area contributed by atoms with Crippen LogP contribution in [0.2, 0.25) is 0 Å². The normalized spacial score (nSPS) is 21.7. The zero-order valence-electron chi connectivity index (χ0n) is 12.8. The number of hydrogen-bond acceptors (Lipinski definition) is 2. The van der Waals surface area contributed by atoms with E-state index in [1.807, 2.05) is 24.3 Å². The van der Waals surface area contributed by atoms with Gasteiger partial charge in [-0.25, -0.2) is 0 Å². The molecule has 0 radical (unpaired) electrons. The summed E-state index contributed by atoms with van der Waals surface area (Å²) >= 11 is 0. The lowest BCUT2D eigenvalue weighted by atomic mass is 9.89. The molecule has 2 aromatic carbocycles. The van der Waals surface area contributed by atoms with Crippen LogP contribution in [-0.2, 0) is 0 Å². The van der Waals surface area contributed by atoms with Gasteiger partial charge in [-0.15, -0.1) is 0 Å². The fraction of sp³-hybridized carbons (Fsp3) is 0.421. The van der Waals surface area contributed by atoms with Crippen molar-refractivity contribution in [2.45, 2.75) is 37.8 Å². The lowest BCUT2D eigenvalue weighted by Gasteiger charge is -2.41. The van der Waals surface area contributed by atoms with E-state index in [0.29, 0.717) is 12.1 Å². The summed E-state index contributed by atoms with van der Waals surface area (Å²) in [6.45, 7) is 1.97. The molecule has 2 aliphatic rings. The number of benzene rings is 2. The number of nitrogens with zero attached hydrogens (tertiary/aromatic N) is 1. The lowest BCUT2D eigenvalue weighted by Crippen LogP contribution is -2.50. The summed E-state index contributed by atoms with van der Waals surface area (Å²) in [5.74, 6) is 0.212. The first-order valence-corrected chi connectivity index (χ1v) is 8.35. The Morgan fingerprint density at radius 2 is 1.82 bits per heavy atom. The van der Waals surface area contributed by atoms with E-state index in [0.717, 1.165) is 43.3 Å². The average Bonchev–Trinajstić information content (AvgIpc) is 3.03. The molecule has 1 aliphatic heterocycles. The van der Waals surface area contributed by atoms with Gasteiger partial charge >= 0.3 is 0 Å². The first kappa shape index (κ1) is 13.8. The second kappa shape index (κ2) is 5.73. The molecule has 22 heavy (non-hydrogen) atoms. The predicted octanol–water partition coefficient (Wildman–Crippen LogP) is 3.20. The van der Waals surface area contributed by atoms with Crippen LogP contribution in [0.1, 0.15) is 36.0 Å². The summed E-state index contributed by atoms with van der Waals surface area (Å²) < 4.78 is 0. The maximum atomic E-state index is 13.1. The molecule has 1 saturated carbocycles. The Morgan fingerprint density at radius 3 is 2.50 bits per heavy atom. The van der Waals surface area contributed by atoms with Crippen molar-refractivity contribution in [1.82, 2.24) is 10.2 Å². The van der Waals surface area contributed by atoms with Crippen molar-refractivity contribution in [1.29, 1.82) is 0 Å².